The van der Waals surface area contributed by atoms with E-state index in [1.807, 2.05) is 42.2 Å². The third-order valence-corrected chi connectivity index (χ3v) is 4.67. The number of anilines is 1. The number of aromatic nitrogens is 1. The van der Waals surface area contributed by atoms with Crippen molar-refractivity contribution in [1.29, 1.82) is 0 Å². The zero-order valence-electron chi connectivity index (χ0n) is 15.0. The molecule has 6 nitrogen and oxygen atoms in total. The SMILES string of the molecule is Cc1ccccc1C(=O)NCCC(=O)N1CCN(c2ccncc2)CC1. The molecule has 0 bridgehead atoms. The molecule has 0 atom stereocenters. The Morgan fingerprint density at radius 3 is 2.42 bits per heavy atom. The molecule has 0 saturated carbocycles. The molecule has 26 heavy (non-hydrogen) atoms. The van der Waals surface area contributed by atoms with Crippen LogP contribution in [0.4, 0.5) is 5.69 Å². The van der Waals surface area contributed by atoms with Gasteiger partial charge in [0.1, 0.15) is 0 Å². The average molecular weight is 352 g/mol. The van der Waals surface area contributed by atoms with Crippen molar-refractivity contribution in [3.63, 3.8) is 0 Å². The van der Waals surface area contributed by atoms with Crippen molar-refractivity contribution in [2.24, 2.45) is 0 Å². The van der Waals surface area contributed by atoms with E-state index in [2.05, 4.69) is 15.2 Å². The first-order valence-corrected chi connectivity index (χ1v) is 8.92. The molecule has 1 N–H and O–H groups in total. The van der Waals surface area contributed by atoms with Crippen LogP contribution >= 0.6 is 0 Å². The Morgan fingerprint density at radius 1 is 1.04 bits per heavy atom. The van der Waals surface area contributed by atoms with Gasteiger partial charge in [-0.1, -0.05) is 18.2 Å². The third-order valence-electron chi connectivity index (χ3n) is 4.67. The molecule has 1 aliphatic heterocycles. The van der Waals surface area contributed by atoms with Crippen molar-refractivity contribution in [1.82, 2.24) is 15.2 Å². The standard InChI is InChI=1S/C20H24N4O2/c1-16-4-2-3-5-18(16)20(26)22-11-8-19(25)24-14-12-23(13-15-24)17-6-9-21-10-7-17/h2-7,9-10H,8,11-15H2,1H3,(H,22,26). The number of hydrogen-bond donors (Lipinski definition) is 1. The van der Waals surface area contributed by atoms with E-state index in [0.29, 0.717) is 31.6 Å². The van der Waals surface area contributed by atoms with Crippen LogP contribution in [0.1, 0.15) is 22.3 Å². The monoisotopic (exact) mass is 352 g/mol. The number of aryl methyl sites for hydroxylation is 1. The van der Waals surface area contributed by atoms with Crippen molar-refractivity contribution in [2.75, 3.05) is 37.6 Å². The number of pyridine rings is 1. The van der Waals surface area contributed by atoms with Crippen molar-refractivity contribution in [2.45, 2.75) is 13.3 Å². The maximum atomic E-state index is 12.4. The number of nitrogens with zero attached hydrogens (tertiary/aromatic N) is 3. The molecule has 1 saturated heterocycles. The maximum Gasteiger partial charge on any atom is 0.251 e. The highest BCUT2D eigenvalue weighted by molar-refractivity contribution is 5.95. The van der Waals surface area contributed by atoms with Crippen molar-refractivity contribution < 1.29 is 9.59 Å². The lowest BCUT2D eigenvalue weighted by atomic mass is 10.1. The molecule has 1 fully saturated rings. The van der Waals surface area contributed by atoms with Crippen molar-refractivity contribution in [3.05, 3.63) is 59.9 Å². The summed E-state index contributed by atoms with van der Waals surface area (Å²) < 4.78 is 0. The molecule has 1 aliphatic rings. The minimum atomic E-state index is -0.126. The van der Waals surface area contributed by atoms with Gasteiger partial charge in [0.15, 0.2) is 0 Å². The average Bonchev–Trinajstić information content (AvgIpc) is 2.69. The molecule has 0 spiro atoms. The fourth-order valence-corrected chi connectivity index (χ4v) is 3.13. The zero-order valence-corrected chi connectivity index (χ0v) is 15.0. The molecule has 0 radical (unpaired) electrons. The minimum Gasteiger partial charge on any atom is -0.368 e. The summed E-state index contributed by atoms with van der Waals surface area (Å²) in [5.74, 6) is -0.0390. The summed E-state index contributed by atoms with van der Waals surface area (Å²) in [4.78, 5) is 32.7. The summed E-state index contributed by atoms with van der Waals surface area (Å²) in [7, 11) is 0. The minimum absolute atomic E-state index is 0.0875. The number of rotatable bonds is 5. The van der Waals surface area contributed by atoms with E-state index in [1.165, 1.54) is 0 Å². The van der Waals surface area contributed by atoms with Gasteiger partial charge in [-0.15, -0.1) is 0 Å². The number of nitrogens with one attached hydrogen (secondary N) is 1. The second-order valence-corrected chi connectivity index (χ2v) is 6.39. The van der Waals surface area contributed by atoms with E-state index in [0.717, 1.165) is 24.3 Å². The molecule has 1 aromatic carbocycles. The van der Waals surface area contributed by atoms with Crippen LogP contribution in [0.3, 0.4) is 0 Å². The Hall–Kier alpha value is -2.89. The Kier molecular flexibility index (Phi) is 5.84. The topological polar surface area (TPSA) is 65.5 Å². The van der Waals surface area contributed by atoms with Crippen LogP contribution in [0.2, 0.25) is 0 Å². The quantitative estimate of drug-likeness (QED) is 0.892. The summed E-state index contributed by atoms with van der Waals surface area (Å²) in [5.41, 5.74) is 2.73. The first-order valence-electron chi connectivity index (χ1n) is 8.92. The van der Waals surface area contributed by atoms with E-state index in [4.69, 9.17) is 0 Å². The Morgan fingerprint density at radius 2 is 1.73 bits per heavy atom. The molecular formula is C20H24N4O2. The number of hydrogen-bond acceptors (Lipinski definition) is 4. The number of amides is 2. The normalized spacial score (nSPS) is 14.2. The summed E-state index contributed by atoms with van der Waals surface area (Å²) in [6.07, 6.45) is 3.89. The summed E-state index contributed by atoms with van der Waals surface area (Å²) in [6, 6.07) is 11.4. The van der Waals surface area contributed by atoms with Gasteiger partial charge in [0.2, 0.25) is 5.91 Å². The van der Waals surface area contributed by atoms with E-state index >= 15 is 0 Å². The Balaban J connectivity index is 1.42. The van der Waals surface area contributed by atoms with Gasteiger partial charge in [0.05, 0.1) is 0 Å². The Bertz CT molecular complexity index is 755. The van der Waals surface area contributed by atoms with E-state index in [9.17, 15) is 9.59 Å². The van der Waals surface area contributed by atoms with E-state index in [-0.39, 0.29) is 11.8 Å². The second kappa shape index (κ2) is 8.47. The Labute approximate surface area is 153 Å². The van der Waals surface area contributed by atoms with E-state index in [1.54, 1.807) is 18.5 Å². The number of benzene rings is 1. The first-order chi connectivity index (χ1) is 12.6. The van der Waals surface area contributed by atoms with Gasteiger partial charge in [-0.3, -0.25) is 14.6 Å². The van der Waals surface area contributed by atoms with Crippen LogP contribution in [0.25, 0.3) is 0 Å². The summed E-state index contributed by atoms with van der Waals surface area (Å²) in [6.45, 7) is 5.29. The van der Waals surface area contributed by atoms with E-state index < -0.39 is 0 Å². The third kappa shape index (κ3) is 4.39. The molecule has 6 heteroatoms. The number of carbonyl (C=O) groups excluding carboxylic acids is 2. The van der Waals surface area contributed by atoms with Crippen LogP contribution in [0, 0.1) is 6.92 Å². The van der Waals surface area contributed by atoms with Gasteiger partial charge in [-0.25, -0.2) is 0 Å². The van der Waals surface area contributed by atoms with Gasteiger partial charge in [-0.2, -0.15) is 0 Å². The lowest BCUT2D eigenvalue weighted by molar-refractivity contribution is -0.131. The molecule has 2 heterocycles. The first kappa shape index (κ1) is 17.9. The predicted octanol–water partition coefficient (Wildman–Crippen LogP) is 1.86. The highest BCUT2D eigenvalue weighted by atomic mass is 16.2. The van der Waals surface area contributed by atoms with Gasteiger partial charge in [-0.05, 0) is 30.7 Å². The molecule has 0 unspecified atom stereocenters. The van der Waals surface area contributed by atoms with Crippen LogP contribution in [0.5, 0.6) is 0 Å². The number of carbonyl (C=O) groups is 2. The van der Waals surface area contributed by atoms with Crippen LogP contribution in [-0.2, 0) is 4.79 Å². The van der Waals surface area contributed by atoms with Crippen LogP contribution in [0.15, 0.2) is 48.8 Å². The molecule has 3 rings (SSSR count). The maximum absolute atomic E-state index is 12.4. The highest BCUT2D eigenvalue weighted by Gasteiger charge is 2.21. The largest absolute Gasteiger partial charge is 0.368 e. The van der Waals surface area contributed by atoms with Crippen LogP contribution in [-0.4, -0.2) is 54.4 Å². The molecule has 2 aromatic rings. The predicted molar refractivity (Wildman–Crippen MR) is 101 cm³/mol. The molecule has 2 amide bonds. The van der Waals surface area contributed by atoms with Gasteiger partial charge >= 0.3 is 0 Å². The van der Waals surface area contributed by atoms with Gasteiger partial charge < -0.3 is 15.1 Å². The zero-order chi connectivity index (χ0) is 18.4. The van der Waals surface area contributed by atoms with Crippen LogP contribution < -0.4 is 10.2 Å². The molecule has 0 aliphatic carbocycles. The second-order valence-electron chi connectivity index (χ2n) is 6.39. The molecular weight excluding hydrogens is 328 g/mol. The highest BCUT2D eigenvalue weighted by Crippen LogP contribution is 2.15. The summed E-state index contributed by atoms with van der Waals surface area (Å²) >= 11 is 0. The smallest absolute Gasteiger partial charge is 0.251 e. The fourth-order valence-electron chi connectivity index (χ4n) is 3.13. The van der Waals surface area contributed by atoms with Gasteiger partial charge in [0.25, 0.3) is 5.91 Å². The summed E-state index contributed by atoms with van der Waals surface area (Å²) in [5, 5.41) is 2.84. The molecule has 136 valence electrons. The lowest BCUT2D eigenvalue weighted by Gasteiger charge is -2.36. The molecule has 1 aromatic heterocycles. The lowest BCUT2D eigenvalue weighted by Crippen LogP contribution is -2.49. The number of piperazine rings is 1. The fraction of sp³-hybridized carbons (Fsp3) is 0.350. The van der Waals surface area contributed by atoms with Gasteiger partial charge in [0, 0.05) is 62.8 Å². The van der Waals surface area contributed by atoms with Crippen molar-refractivity contribution in [3.8, 4) is 0 Å². The van der Waals surface area contributed by atoms with Crippen molar-refractivity contribution >= 4 is 17.5 Å².